The number of hydrogen-bond donors (Lipinski definition) is 2. The van der Waals surface area contributed by atoms with Crippen molar-refractivity contribution >= 4 is 22.7 Å². The van der Waals surface area contributed by atoms with Gasteiger partial charge in [-0.2, -0.15) is 5.26 Å². The normalized spacial score (nSPS) is 9.88. The topological polar surface area (TPSA) is 74.7 Å². The van der Waals surface area contributed by atoms with Crippen molar-refractivity contribution in [2.24, 2.45) is 0 Å². The fourth-order valence-electron chi connectivity index (χ4n) is 1.45. The van der Waals surface area contributed by atoms with Crippen LogP contribution in [0, 0.1) is 18.3 Å². The maximum absolute atomic E-state index is 8.73. The number of nitrogens with one attached hydrogen (secondary N) is 1. The molecule has 0 aliphatic rings. The van der Waals surface area contributed by atoms with Gasteiger partial charge in [0.25, 0.3) is 0 Å². The monoisotopic (exact) mass is 244 g/mol. The van der Waals surface area contributed by atoms with Crippen LogP contribution in [0.5, 0.6) is 0 Å². The average Bonchev–Trinajstić information content (AvgIpc) is 2.73. The van der Waals surface area contributed by atoms with E-state index < -0.39 is 0 Å². The number of nitriles is 1. The molecule has 5 heteroatoms. The Bertz CT molecular complexity index is 568. The highest BCUT2D eigenvalue weighted by Gasteiger charge is 2.02. The molecule has 0 aliphatic carbocycles. The lowest BCUT2D eigenvalue weighted by molar-refractivity contribution is 1.08. The first-order chi connectivity index (χ1) is 8.19. The van der Waals surface area contributed by atoms with E-state index in [1.54, 1.807) is 23.5 Å². The second-order valence-electron chi connectivity index (χ2n) is 3.65. The molecule has 2 rings (SSSR count). The minimum atomic E-state index is 0.568. The van der Waals surface area contributed by atoms with Crippen LogP contribution < -0.4 is 11.1 Å². The molecular formula is C12H12N4S. The van der Waals surface area contributed by atoms with Crippen molar-refractivity contribution in [1.82, 2.24) is 4.98 Å². The zero-order valence-electron chi connectivity index (χ0n) is 9.40. The summed E-state index contributed by atoms with van der Waals surface area (Å²) in [5.74, 6) is 0. The van der Waals surface area contributed by atoms with E-state index in [2.05, 4.69) is 16.4 Å². The van der Waals surface area contributed by atoms with Gasteiger partial charge in [0.05, 0.1) is 29.6 Å². The highest BCUT2D eigenvalue weighted by molar-refractivity contribution is 7.09. The summed E-state index contributed by atoms with van der Waals surface area (Å²) in [6, 6.07) is 7.27. The first kappa shape index (κ1) is 11.4. The smallest absolute Gasteiger partial charge is 0.112 e. The van der Waals surface area contributed by atoms with Gasteiger partial charge < -0.3 is 11.1 Å². The molecule has 86 valence electrons. The Morgan fingerprint density at radius 2 is 2.35 bits per heavy atom. The summed E-state index contributed by atoms with van der Waals surface area (Å²) >= 11 is 1.62. The van der Waals surface area contributed by atoms with Gasteiger partial charge in [-0.3, -0.25) is 0 Å². The van der Waals surface area contributed by atoms with Crippen molar-refractivity contribution in [3.8, 4) is 6.07 Å². The van der Waals surface area contributed by atoms with Crippen LogP contribution in [0.3, 0.4) is 0 Å². The average molecular weight is 244 g/mol. The van der Waals surface area contributed by atoms with Gasteiger partial charge in [-0.15, -0.1) is 11.3 Å². The summed E-state index contributed by atoms with van der Waals surface area (Å²) in [7, 11) is 0. The van der Waals surface area contributed by atoms with E-state index in [4.69, 9.17) is 11.0 Å². The second kappa shape index (κ2) is 4.85. The van der Waals surface area contributed by atoms with Crippen LogP contribution >= 0.6 is 11.3 Å². The molecule has 0 saturated heterocycles. The molecule has 0 atom stereocenters. The first-order valence-electron chi connectivity index (χ1n) is 5.13. The largest absolute Gasteiger partial charge is 0.397 e. The Hall–Kier alpha value is -2.06. The third-order valence-electron chi connectivity index (χ3n) is 2.28. The second-order valence-corrected chi connectivity index (χ2v) is 4.59. The van der Waals surface area contributed by atoms with Crippen molar-refractivity contribution in [2.75, 3.05) is 11.1 Å². The van der Waals surface area contributed by atoms with Crippen molar-refractivity contribution < 1.29 is 0 Å². The lowest BCUT2D eigenvalue weighted by Gasteiger charge is -2.07. The fraction of sp³-hybridized carbons (Fsp3) is 0.167. The number of nitrogens with two attached hydrogens (primary N) is 1. The Morgan fingerprint density at radius 1 is 1.53 bits per heavy atom. The molecule has 4 nitrogen and oxygen atoms in total. The van der Waals surface area contributed by atoms with E-state index in [0.717, 1.165) is 16.4 Å². The van der Waals surface area contributed by atoms with Crippen molar-refractivity contribution in [1.29, 1.82) is 5.26 Å². The minimum absolute atomic E-state index is 0.568. The van der Waals surface area contributed by atoms with Gasteiger partial charge in [0.2, 0.25) is 0 Å². The Kier molecular flexibility index (Phi) is 3.26. The quantitative estimate of drug-likeness (QED) is 0.813. The number of benzene rings is 1. The van der Waals surface area contributed by atoms with Gasteiger partial charge in [0, 0.05) is 11.1 Å². The summed E-state index contributed by atoms with van der Waals surface area (Å²) in [6.07, 6.45) is 0. The summed E-state index contributed by atoms with van der Waals surface area (Å²) in [5, 5.41) is 15.0. The van der Waals surface area contributed by atoms with Gasteiger partial charge in [-0.1, -0.05) is 0 Å². The van der Waals surface area contributed by atoms with Crippen LogP contribution in [0.2, 0.25) is 0 Å². The highest BCUT2D eigenvalue weighted by atomic mass is 32.1. The predicted molar refractivity (Wildman–Crippen MR) is 69.7 cm³/mol. The number of nitrogen functional groups attached to an aromatic ring is 1. The molecule has 0 spiro atoms. The molecule has 0 saturated carbocycles. The van der Waals surface area contributed by atoms with Crippen molar-refractivity contribution in [3.05, 3.63) is 39.8 Å². The lowest BCUT2D eigenvalue weighted by atomic mass is 10.2. The molecule has 0 amide bonds. The fourth-order valence-corrected chi connectivity index (χ4v) is 2.16. The number of aryl methyl sites for hydroxylation is 1. The summed E-state index contributed by atoms with van der Waals surface area (Å²) < 4.78 is 0. The third-order valence-corrected chi connectivity index (χ3v) is 3.24. The van der Waals surface area contributed by atoms with Crippen LogP contribution in [0.25, 0.3) is 0 Å². The maximum atomic E-state index is 8.73. The number of rotatable bonds is 3. The van der Waals surface area contributed by atoms with E-state index >= 15 is 0 Å². The molecule has 2 aromatic rings. The molecule has 0 radical (unpaired) electrons. The predicted octanol–water partition coefficient (Wildman–Crippen LogP) is 2.52. The van der Waals surface area contributed by atoms with Crippen LogP contribution in [0.15, 0.2) is 23.6 Å². The number of hydrogen-bond acceptors (Lipinski definition) is 5. The van der Waals surface area contributed by atoms with E-state index in [1.807, 2.05) is 18.4 Å². The van der Waals surface area contributed by atoms with E-state index in [9.17, 15) is 0 Å². The molecule has 0 bridgehead atoms. The van der Waals surface area contributed by atoms with Crippen LogP contribution in [0.4, 0.5) is 11.4 Å². The summed E-state index contributed by atoms with van der Waals surface area (Å²) in [4.78, 5) is 4.35. The Labute approximate surface area is 104 Å². The van der Waals surface area contributed by atoms with Gasteiger partial charge in [-0.05, 0) is 25.1 Å². The molecule has 1 aromatic carbocycles. The zero-order valence-corrected chi connectivity index (χ0v) is 10.2. The van der Waals surface area contributed by atoms with E-state index in [1.165, 1.54) is 0 Å². The van der Waals surface area contributed by atoms with Gasteiger partial charge in [0.15, 0.2) is 0 Å². The van der Waals surface area contributed by atoms with Crippen LogP contribution in [-0.2, 0) is 6.54 Å². The molecule has 0 unspecified atom stereocenters. The minimum Gasteiger partial charge on any atom is -0.397 e. The number of aromatic nitrogens is 1. The zero-order chi connectivity index (χ0) is 12.3. The van der Waals surface area contributed by atoms with E-state index in [-0.39, 0.29) is 0 Å². The third kappa shape index (κ3) is 2.74. The number of thiazole rings is 1. The molecular weight excluding hydrogens is 232 g/mol. The SMILES string of the molecule is Cc1csc(CNc2ccc(C#N)cc2N)n1. The van der Waals surface area contributed by atoms with Crippen molar-refractivity contribution in [2.45, 2.75) is 13.5 Å². The molecule has 1 heterocycles. The first-order valence-corrected chi connectivity index (χ1v) is 6.01. The van der Waals surface area contributed by atoms with Gasteiger partial charge in [-0.25, -0.2) is 4.98 Å². The van der Waals surface area contributed by atoms with Gasteiger partial charge in [0.1, 0.15) is 5.01 Å². The molecule has 1 aromatic heterocycles. The van der Waals surface area contributed by atoms with Crippen molar-refractivity contribution in [3.63, 3.8) is 0 Å². The molecule has 3 N–H and O–H groups in total. The Morgan fingerprint density at radius 3 is 2.94 bits per heavy atom. The lowest BCUT2D eigenvalue weighted by Crippen LogP contribution is -2.02. The van der Waals surface area contributed by atoms with E-state index in [0.29, 0.717) is 17.8 Å². The molecule has 0 aliphatic heterocycles. The standard InChI is InChI=1S/C12H12N4S/c1-8-7-17-12(16-8)6-15-11-3-2-9(5-13)4-10(11)14/h2-4,7,15H,6,14H2,1H3. The summed E-state index contributed by atoms with van der Waals surface area (Å²) in [6.45, 7) is 2.62. The van der Waals surface area contributed by atoms with Crippen LogP contribution in [-0.4, -0.2) is 4.98 Å². The number of nitrogens with zero attached hydrogens (tertiary/aromatic N) is 2. The van der Waals surface area contributed by atoms with Crippen LogP contribution in [0.1, 0.15) is 16.3 Å². The molecule has 0 fully saturated rings. The highest BCUT2D eigenvalue weighted by Crippen LogP contribution is 2.20. The molecule has 17 heavy (non-hydrogen) atoms. The summed E-state index contributed by atoms with van der Waals surface area (Å²) in [5.41, 5.74) is 8.84. The van der Waals surface area contributed by atoms with Gasteiger partial charge >= 0.3 is 0 Å². The Balaban J connectivity index is 2.07. The number of anilines is 2. The maximum Gasteiger partial charge on any atom is 0.112 e.